The van der Waals surface area contributed by atoms with Gasteiger partial charge in [-0.25, -0.2) is 0 Å². The second-order valence-electron chi connectivity index (χ2n) is 2.87. The second-order valence-corrected chi connectivity index (χ2v) is 2.87. The van der Waals surface area contributed by atoms with Crippen LogP contribution in [0.5, 0.6) is 5.75 Å². The van der Waals surface area contributed by atoms with Gasteiger partial charge in [0.15, 0.2) is 0 Å². The highest BCUT2D eigenvalue weighted by Gasteiger charge is 2.31. The molecule has 1 rings (SSSR count). The van der Waals surface area contributed by atoms with E-state index in [0.29, 0.717) is 5.75 Å². The zero-order valence-corrected chi connectivity index (χ0v) is 7.84. The van der Waals surface area contributed by atoms with Crippen molar-refractivity contribution in [1.29, 1.82) is 5.26 Å². The molecule has 0 spiro atoms. The van der Waals surface area contributed by atoms with Crippen LogP contribution in [0.3, 0.4) is 0 Å². The lowest BCUT2D eigenvalue weighted by Crippen LogP contribution is -2.09. The van der Waals surface area contributed by atoms with E-state index in [2.05, 4.69) is 0 Å². The summed E-state index contributed by atoms with van der Waals surface area (Å²) in [5, 5.41) is 8.24. The first-order valence-electron chi connectivity index (χ1n) is 3.95. The van der Waals surface area contributed by atoms with Crippen LogP contribution >= 0.6 is 0 Å². The molecule has 1 aromatic carbocycles. The number of nitrogens with zero attached hydrogens (tertiary/aromatic N) is 1. The van der Waals surface area contributed by atoms with Gasteiger partial charge in [0.25, 0.3) is 0 Å². The van der Waals surface area contributed by atoms with Crippen molar-refractivity contribution in [2.75, 3.05) is 7.11 Å². The first-order chi connectivity index (χ1) is 6.51. The van der Waals surface area contributed by atoms with E-state index in [0.717, 1.165) is 11.6 Å². The average molecular weight is 197 g/mol. The van der Waals surface area contributed by atoms with E-state index < -0.39 is 5.92 Å². The van der Waals surface area contributed by atoms with Crippen LogP contribution in [0.25, 0.3) is 0 Å². The highest BCUT2D eigenvalue weighted by molar-refractivity contribution is 5.39. The van der Waals surface area contributed by atoms with E-state index in [9.17, 15) is 8.78 Å². The number of hydrogen-bond acceptors (Lipinski definition) is 2. The predicted octanol–water partition coefficient (Wildman–Crippen LogP) is 2.62. The molecule has 0 unspecified atom stereocenters. The average Bonchev–Trinajstić information content (AvgIpc) is 2.18. The highest BCUT2D eigenvalue weighted by Crippen LogP contribution is 2.30. The molecule has 14 heavy (non-hydrogen) atoms. The maximum Gasteiger partial charge on any atom is 0.357 e. The van der Waals surface area contributed by atoms with E-state index >= 15 is 0 Å². The summed E-state index contributed by atoms with van der Waals surface area (Å²) in [6.45, 7) is 1.74. The zero-order chi connectivity index (χ0) is 10.8. The van der Waals surface area contributed by atoms with Gasteiger partial charge in [-0.2, -0.15) is 14.0 Å². The molecule has 0 saturated heterocycles. The van der Waals surface area contributed by atoms with Crippen LogP contribution in [0.2, 0.25) is 0 Å². The van der Waals surface area contributed by atoms with Crippen LogP contribution < -0.4 is 4.74 Å². The van der Waals surface area contributed by atoms with Gasteiger partial charge in [-0.3, -0.25) is 0 Å². The number of nitriles is 1. The summed E-state index contributed by atoms with van der Waals surface area (Å²) in [6, 6.07) is 4.84. The summed E-state index contributed by atoms with van der Waals surface area (Å²) in [5.74, 6) is -3.10. The van der Waals surface area contributed by atoms with Crippen molar-refractivity contribution >= 4 is 0 Å². The number of hydrogen-bond donors (Lipinski definition) is 0. The zero-order valence-electron chi connectivity index (χ0n) is 7.84. The molecule has 1 aromatic rings. The smallest absolute Gasteiger partial charge is 0.357 e. The van der Waals surface area contributed by atoms with Crippen molar-refractivity contribution < 1.29 is 13.5 Å². The molecule has 0 amide bonds. The maximum absolute atomic E-state index is 12.9. The first-order valence-corrected chi connectivity index (χ1v) is 3.95. The number of benzene rings is 1. The van der Waals surface area contributed by atoms with E-state index in [1.807, 2.05) is 0 Å². The Morgan fingerprint density at radius 2 is 2.07 bits per heavy atom. The Kier molecular flexibility index (Phi) is 2.70. The molecule has 0 fully saturated rings. The largest absolute Gasteiger partial charge is 0.496 e. The molecule has 0 atom stereocenters. The van der Waals surface area contributed by atoms with Gasteiger partial charge < -0.3 is 4.74 Å². The summed E-state index contributed by atoms with van der Waals surface area (Å²) in [4.78, 5) is 0. The van der Waals surface area contributed by atoms with Crippen LogP contribution in [-0.4, -0.2) is 7.11 Å². The standard InChI is InChI=1S/C10H9F2NO/c1-7-3-4-8(5-9(7)14-2)10(11,12)6-13/h3-5H,1-2H3. The van der Waals surface area contributed by atoms with Crippen LogP contribution in [0.15, 0.2) is 18.2 Å². The van der Waals surface area contributed by atoms with Crippen molar-refractivity contribution in [3.63, 3.8) is 0 Å². The lowest BCUT2D eigenvalue weighted by molar-refractivity contribution is 0.0610. The molecule has 0 aliphatic rings. The first kappa shape index (κ1) is 10.5. The minimum atomic E-state index is -3.46. The van der Waals surface area contributed by atoms with Gasteiger partial charge in [-0.15, -0.1) is 0 Å². The van der Waals surface area contributed by atoms with Gasteiger partial charge in [-0.1, -0.05) is 12.1 Å². The SMILES string of the molecule is COc1cc(C(F)(F)C#N)ccc1C. The summed E-state index contributed by atoms with van der Waals surface area (Å²) < 4.78 is 30.7. The maximum atomic E-state index is 12.9. The van der Waals surface area contributed by atoms with E-state index in [-0.39, 0.29) is 5.56 Å². The van der Waals surface area contributed by atoms with Crippen molar-refractivity contribution in [1.82, 2.24) is 0 Å². The third-order valence-electron chi connectivity index (χ3n) is 1.91. The van der Waals surface area contributed by atoms with E-state index in [1.54, 1.807) is 6.92 Å². The van der Waals surface area contributed by atoms with Gasteiger partial charge in [-0.05, 0) is 18.6 Å². The van der Waals surface area contributed by atoms with Gasteiger partial charge >= 0.3 is 5.92 Å². The number of ether oxygens (including phenoxy) is 1. The Bertz CT molecular complexity index is 382. The molecule has 74 valence electrons. The fourth-order valence-corrected chi connectivity index (χ4v) is 1.08. The molecule has 0 aliphatic heterocycles. The highest BCUT2D eigenvalue weighted by atomic mass is 19.3. The van der Waals surface area contributed by atoms with Gasteiger partial charge in [0.1, 0.15) is 11.8 Å². The number of rotatable bonds is 2. The molecule has 0 N–H and O–H groups in total. The summed E-state index contributed by atoms with van der Waals surface area (Å²) in [7, 11) is 1.40. The monoisotopic (exact) mass is 197 g/mol. The molecule has 0 aromatic heterocycles. The molecule has 0 radical (unpaired) electrons. The van der Waals surface area contributed by atoms with E-state index in [4.69, 9.17) is 10.00 Å². The number of aryl methyl sites for hydroxylation is 1. The summed E-state index contributed by atoms with van der Waals surface area (Å²) in [5.41, 5.74) is 0.410. The normalized spacial score (nSPS) is 10.8. The minimum Gasteiger partial charge on any atom is -0.496 e. The fraction of sp³-hybridized carbons (Fsp3) is 0.300. The van der Waals surface area contributed by atoms with Crippen molar-refractivity contribution in [3.05, 3.63) is 29.3 Å². The van der Waals surface area contributed by atoms with E-state index in [1.165, 1.54) is 25.3 Å². The van der Waals surface area contributed by atoms with Crippen molar-refractivity contribution in [3.8, 4) is 11.8 Å². The van der Waals surface area contributed by atoms with Gasteiger partial charge in [0, 0.05) is 5.56 Å². The molecular formula is C10H9F2NO. The quantitative estimate of drug-likeness (QED) is 0.730. The Balaban J connectivity index is 3.21. The summed E-state index contributed by atoms with van der Waals surface area (Å²) >= 11 is 0. The molecule has 0 saturated carbocycles. The lowest BCUT2D eigenvalue weighted by Gasteiger charge is -2.10. The van der Waals surface area contributed by atoms with Crippen molar-refractivity contribution in [2.24, 2.45) is 0 Å². The third kappa shape index (κ3) is 1.82. The van der Waals surface area contributed by atoms with Crippen LogP contribution in [0, 0.1) is 18.3 Å². The number of alkyl halides is 2. The Morgan fingerprint density at radius 3 is 2.57 bits per heavy atom. The molecule has 0 heterocycles. The van der Waals surface area contributed by atoms with Crippen LogP contribution in [0.4, 0.5) is 8.78 Å². The lowest BCUT2D eigenvalue weighted by atomic mass is 10.1. The Hall–Kier alpha value is -1.63. The predicted molar refractivity (Wildman–Crippen MR) is 47.2 cm³/mol. The van der Waals surface area contributed by atoms with Gasteiger partial charge in [0.2, 0.25) is 0 Å². The fourth-order valence-electron chi connectivity index (χ4n) is 1.08. The molecular weight excluding hydrogens is 188 g/mol. The number of methoxy groups -OCH3 is 1. The molecule has 4 heteroatoms. The molecule has 0 bridgehead atoms. The topological polar surface area (TPSA) is 33.0 Å². The second kappa shape index (κ2) is 3.62. The van der Waals surface area contributed by atoms with Crippen LogP contribution in [-0.2, 0) is 5.92 Å². The Labute approximate surface area is 80.7 Å². The van der Waals surface area contributed by atoms with Gasteiger partial charge in [0.05, 0.1) is 7.11 Å². The van der Waals surface area contributed by atoms with Crippen LogP contribution in [0.1, 0.15) is 11.1 Å². The Morgan fingerprint density at radius 1 is 1.43 bits per heavy atom. The third-order valence-corrected chi connectivity index (χ3v) is 1.91. The molecule has 0 aliphatic carbocycles. The number of halogens is 2. The molecule has 2 nitrogen and oxygen atoms in total. The minimum absolute atomic E-state index is 0.345. The summed E-state index contributed by atoms with van der Waals surface area (Å²) in [6.07, 6.45) is 0. The van der Waals surface area contributed by atoms with Crippen molar-refractivity contribution in [2.45, 2.75) is 12.8 Å².